The molecule has 2 amide bonds. The van der Waals surface area contributed by atoms with Crippen LogP contribution in [0.1, 0.15) is 31.4 Å². The van der Waals surface area contributed by atoms with Crippen molar-refractivity contribution in [1.82, 2.24) is 10.2 Å². The van der Waals surface area contributed by atoms with Gasteiger partial charge in [0.15, 0.2) is 11.5 Å². The van der Waals surface area contributed by atoms with Crippen molar-refractivity contribution in [2.75, 3.05) is 20.8 Å². The zero-order valence-electron chi connectivity index (χ0n) is 17.9. The smallest absolute Gasteiger partial charge is 0.242 e. The molecule has 0 aliphatic rings. The summed E-state index contributed by atoms with van der Waals surface area (Å²) in [7, 11) is 3.17. The Morgan fingerprint density at radius 3 is 2.27 bits per heavy atom. The van der Waals surface area contributed by atoms with Crippen molar-refractivity contribution in [2.24, 2.45) is 0 Å². The highest BCUT2D eigenvalue weighted by molar-refractivity contribution is 9.10. The summed E-state index contributed by atoms with van der Waals surface area (Å²) in [6.07, 6.45) is 0.827. The predicted octanol–water partition coefficient (Wildman–Crippen LogP) is 3.95. The number of carbonyl (C=O) groups excluding carboxylic acids is 2. The average molecular weight is 477 g/mol. The first-order chi connectivity index (χ1) is 14.4. The van der Waals surface area contributed by atoms with Gasteiger partial charge in [-0.25, -0.2) is 0 Å². The minimum atomic E-state index is -0.563. The lowest BCUT2D eigenvalue weighted by Gasteiger charge is -2.29. The lowest BCUT2D eigenvalue weighted by atomic mass is 10.1. The van der Waals surface area contributed by atoms with Crippen LogP contribution in [0.25, 0.3) is 0 Å². The van der Waals surface area contributed by atoms with Crippen LogP contribution in [0.4, 0.5) is 0 Å². The Hall–Kier alpha value is -2.54. The Morgan fingerprint density at radius 2 is 1.67 bits per heavy atom. The van der Waals surface area contributed by atoms with E-state index in [1.807, 2.05) is 49.4 Å². The Kier molecular flexibility index (Phi) is 9.17. The standard InChI is InChI=1S/C23H29BrN2O4/c1-5-25-23(28)16(2)26(15-18-6-10-19(24)11-7-18)22(27)13-9-17-8-12-20(29-3)21(14-17)30-4/h6-8,10-12,14,16H,5,9,13,15H2,1-4H3,(H,25,28). The summed E-state index contributed by atoms with van der Waals surface area (Å²) in [4.78, 5) is 27.1. The molecule has 7 heteroatoms. The van der Waals surface area contributed by atoms with Gasteiger partial charge in [-0.3, -0.25) is 9.59 Å². The number of halogens is 1. The maximum atomic E-state index is 13.1. The summed E-state index contributed by atoms with van der Waals surface area (Å²) >= 11 is 3.42. The molecule has 2 aromatic rings. The van der Waals surface area contributed by atoms with Crippen LogP contribution in [-0.4, -0.2) is 43.5 Å². The number of aryl methyl sites for hydroxylation is 1. The summed E-state index contributed by atoms with van der Waals surface area (Å²) in [5.74, 6) is 1.04. The van der Waals surface area contributed by atoms with Gasteiger partial charge in [0.05, 0.1) is 14.2 Å². The fourth-order valence-electron chi connectivity index (χ4n) is 3.12. The molecule has 162 valence electrons. The van der Waals surface area contributed by atoms with Gasteiger partial charge in [-0.1, -0.05) is 34.1 Å². The molecule has 1 atom stereocenters. The Balaban J connectivity index is 2.15. The molecule has 0 saturated heterocycles. The highest BCUT2D eigenvalue weighted by Crippen LogP contribution is 2.28. The molecule has 1 unspecified atom stereocenters. The number of benzene rings is 2. The Morgan fingerprint density at radius 1 is 1.03 bits per heavy atom. The Bertz CT molecular complexity index is 855. The quantitative estimate of drug-likeness (QED) is 0.563. The van der Waals surface area contributed by atoms with Crippen molar-refractivity contribution in [1.29, 1.82) is 0 Å². The second-order valence-corrected chi connectivity index (χ2v) is 7.82. The second kappa shape index (κ2) is 11.6. The SMILES string of the molecule is CCNC(=O)C(C)N(Cc1ccc(Br)cc1)C(=O)CCc1ccc(OC)c(OC)c1. The van der Waals surface area contributed by atoms with E-state index in [9.17, 15) is 9.59 Å². The van der Waals surface area contributed by atoms with E-state index in [4.69, 9.17) is 9.47 Å². The van der Waals surface area contributed by atoms with E-state index in [1.165, 1.54) is 0 Å². The molecule has 1 N–H and O–H groups in total. The molecule has 6 nitrogen and oxygen atoms in total. The first kappa shape index (κ1) is 23.7. The number of amides is 2. The molecular formula is C23H29BrN2O4. The number of nitrogens with zero attached hydrogens (tertiary/aromatic N) is 1. The zero-order valence-corrected chi connectivity index (χ0v) is 19.5. The third kappa shape index (κ3) is 6.49. The van der Waals surface area contributed by atoms with Crippen LogP contribution in [0.2, 0.25) is 0 Å². The highest BCUT2D eigenvalue weighted by Gasteiger charge is 2.25. The minimum Gasteiger partial charge on any atom is -0.493 e. The predicted molar refractivity (Wildman–Crippen MR) is 121 cm³/mol. The number of methoxy groups -OCH3 is 2. The van der Waals surface area contributed by atoms with Crippen molar-refractivity contribution >= 4 is 27.7 Å². The van der Waals surface area contributed by atoms with Gasteiger partial charge < -0.3 is 19.7 Å². The molecule has 2 rings (SSSR count). The maximum absolute atomic E-state index is 13.1. The van der Waals surface area contributed by atoms with E-state index in [-0.39, 0.29) is 18.2 Å². The molecule has 0 aliphatic heterocycles. The molecule has 30 heavy (non-hydrogen) atoms. The van der Waals surface area contributed by atoms with Gasteiger partial charge in [-0.05, 0) is 55.7 Å². The van der Waals surface area contributed by atoms with E-state index in [1.54, 1.807) is 26.0 Å². The number of carbonyl (C=O) groups is 2. The van der Waals surface area contributed by atoms with Crippen LogP contribution >= 0.6 is 15.9 Å². The van der Waals surface area contributed by atoms with E-state index in [0.717, 1.165) is 15.6 Å². The molecular weight excluding hydrogens is 448 g/mol. The summed E-state index contributed by atoms with van der Waals surface area (Å²) in [5.41, 5.74) is 1.93. The molecule has 0 saturated carbocycles. The van der Waals surface area contributed by atoms with Crippen LogP contribution in [-0.2, 0) is 22.6 Å². The van der Waals surface area contributed by atoms with Gasteiger partial charge in [0, 0.05) is 24.0 Å². The lowest BCUT2D eigenvalue weighted by Crippen LogP contribution is -2.47. The summed E-state index contributed by atoms with van der Waals surface area (Å²) in [6.45, 7) is 4.52. The van der Waals surface area contributed by atoms with Gasteiger partial charge in [0.1, 0.15) is 6.04 Å². The maximum Gasteiger partial charge on any atom is 0.242 e. The number of nitrogens with one attached hydrogen (secondary N) is 1. The topological polar surface area (TPSA) is 67.9 Å². The molecule has 0 aromatic heterocycles. The summed E-state index contributed by atoms with van der Waals surface area (Å²) in [5, 5.41) is 2.81. The van der Waals surface area contributed by atoms with Crippen LogP contribution in [0, 0.1) is 0 Å². The number of rotatable bonds is 10. The van der Waals surface area contributed by atoms with Gasteiger partial charge in [-0.2, -0.15) is 0 Å². The average Bonchev–Trinajstić information content (AvgIpc) is 2.76. The van der Waals surface area contributed by atoms with Crippen LogP contribution in [0.3, 0.4) is 0 Å². The minimum absolute atomic E-state index is 0.0774. The molecule has 0 heterocycles. The van der Waals surface area contributed by atoms with Crippen molar-refractivity contribution < 1.29 is 19.1 Å². The van der Waals surface area contributed by atoms with Crippen LogP contribution in [0.15, 0.2) is 46.9 Å². The van der Waals surface area contributed by atoms with E-state index < -0.39 is 6.04 Å². The fraction of sp³-hybridized carbons (Fsp3) is 0.391. The fourth-order valence-corrected chi connectivity index (χ4v) is 3.39. The zero-order chi connectivity index (χ0) is 22.1. The van der Waals surface area contributed by atoms with E-state index in [2.05, 4.69) is 21.2 Å². The molecule has 0 bridgehead atoms. The lowest BCUT2D eigenvalue weighted by molar-refractivity contribution is -0.140. The molecule has 0 fully saturated rings. The number of ether oxygens (including phenoxy) is 2. The van der Waals surface area contributed by atoms with Gasteiger partial charge in [0.25, 0.3) is 0 Å². The largest absolute Gasteiger partial charge is 0.493 e. The van der Waals surface area contributed by atoms with E-state index >= 15 is 0 Å². The number of likely N-dealkylation sites (N-methyl/N-ethyl adjacent to an activating group) is 1. The second-order valence-electron chi connectivity index (χ2n) is 6.91. The first-order valence-corrected chi connectivity index (χ1v) is 10.7. The van der Waals surface area contributed by atoms with E-state index in [0.29, 0.717) is 31.0 Å². The van der Waals surface area contributed by atoms with Crippen molar-refractivity contribution in [3.8, 4) is 11.5 Å². The van der Waals surface area contributed by atoms with Crippen molar-refractivity contribution in [3.05, 3.63) is 58.1 Å². The van der Waals surface area contributed by atoms with Crippen LogP contribution in [0.5, 0.6) is 11.5 Å². The highest BCUT2D eigenvalue weighted by atomic mass is 79.9. The number of hydrogen-bond donors (Lipinski definition) is 1. The molecule has 2 aromatic carbocycles. The first-order valence-electron chi connectivity index (χ1n) is 9.92. The monoisotopic (exact) mass is 476 g/mol. The summed E-state index contributed by atoms with van der Waals surface area (Å²) in [6, 6.07) is 12.8. The molecule has 0 radical (unpaired) electrons. The molecule has 0 spiro atoms. The van der Waals surface area contributed by atoms with Gasteiger partial charge in [-0.15, -0.1) is 0 Å². The normalized spacial score (nSPS) is 11.5. The van der Waals surface area contributed by atoms with Gasteiger partial charge >= 0.3 is 0 Å². The molecule has 0 aliphatic carbocycles. The third-order valence-corrected chi connectivity index (χ3v) is 5.39. The van der Waals surface area contributed by atoms with Crippen molar-refractivity contribution in [2.45, 2.75) is 39.3 Å². The number of hydrogen-bond acceptors (Lipinski definition) is 4. The summed E-state index contributed by atoms with van der Waals surface area (Å²) < 4.78 is 11.6. The Labute approximate surface area is 186 Å². The third-order valence-electron chi connectivity index (χ3n) is 4.86. The van der Waals surface area contributed by atoms with Gasteiger partial charge in [0.2, 0.25) is 11.8 Å². The van der Waals surface area contributed by atoms with Crippen molar-refractivity contribution in [3.63, 3.8) is 0 Å². The van der Waals surface area contributed by atoms with Crippen LogP contribution < -0.4 is 14.8 Å².